The molecule has 1 amide bonds. The van der Waals surface area contributed by atoms with Crippen molar-refractivity contribution in [3.63, 3.8) is 0 Å². The van der Waals surface area contributed by atoms with Gasteiger partial charge in [-0.05, 0) is 49.2 Å². The smallest absolute Gasteiger partial charge is 0.337 e. The van der Waals surface area contributed by atoms with Gasteiger partial charge in [-0.25, -0.2) is 18.6 Å². The third-order valence-electron chi connectivity index (χ3n) is 5.15. The molecule has 0 fully saturated rings. The first-order valence-corrected chi connectivity index (χ1v) is 12.3. The van der Waals surface area contributed by atoms with Crippen molar-refractivity contribution in [2.24, 2.45) is 5.10 Å². The van der Waals surface area contributed by atoms with Crippen LogP contribution in [0.25, 0.3) is 0 Å². The minimum absolute atomic E-state index is 0.0318. The van der Waals surface area contributed by atoms with Crippen LogP contribution in [0, 0.1) is 13.8 Å². The molecule has 0 atom stereocenters. The van der Waals surface area contributed by atoms with Crippen LogP contribution >= 0.6 is 0 Å². The fraction of sp³-hybridized carbons (Fsp3) is 0.192. The maximum Gasteiger partial charge on any atom is 0.337 e. The molecule has 0 radical (unpaired) electrons. The van der Waals surface area contributed by atoms with Crippen molar-refractivity contribution in [2.75, 3.05) is 13.7 Å². The van der Waals surface area contributed by atoms with Crippen LogP contribution in [0.5, 0.6) is 0 Å². The largest absolute Gasteiger partial charge is 0.465 e. The predicted molar refractivity (Wildman–Crippen MR) is 133 cm³/mol. The Hall–Kier alpha value is -3.82. The third kappa shape index (κ3) is 7.08. The summed E-state index contributed by atoms with van der Waals surface area (Å²) >= 11 is 0. The number of nitrogens with one attached hydrogen (secondary N) is 1. The molecule has 0 spiro atoms. The summed E-state index contributed by atoms with van der Waals surface area (Å²) in [5.41, 5.74) is 6.09. The number of esters is 1. The Morgan fingerprint density at radius 2 is 1.66 bits per heavy atom. The molecular weight excluding hydrogens is 466 g/mol. The van der Waals surface area contributed by atoms with E-state index < -0.39 is 28.4 Å². The van der Waals surface area contributed by atoms with Gasteiger partial charge in [-0.1, -0.05) is 59.7 Å². The Morgan fingerprint density at radius 1 is 0.971 bits per heavy atom. The molecule has 0 aliphatic rings. The van der Waals surface area contributed by atoms with Crippen LogP contribution in [-0.4, -0.2) is 44.5 Å². The molecule has 0 unspecified atom stereocenters. The Balaban J connectivity index is 1.75. The number of benzene rings is 3. The van der Waals surface area contributed by atoms with Crippen LogP contribution in [-0.2, 0) is 26.1 Å². The standard InChI is InChI=1S/C26H27N3O5S/c1-19-7-13-24(14-8-19)35(32,33)29(17-22-6-4-5-20(2)15-22)18-25(30)28-27-16-21-9-11-23(12-10-21)26(31)34-3/h4-16H,17-18H2,1-3H3,(H,28,30)/b27-16-. The van der Waals surface area contributed by atoms with Gasteiger partial charge in [0.15, 0.2) is 0 Å². The number of ether oxygens (including phenoxy) is 1. The number of nitrogens with zero attached hydrogens (tertiary/aromatic N) is 2. The number of carbonyl (C=O) groups excluding carboxylic acids is 2. The Labute approximate surface area is 205 Å². The van der Waals surface area contributed by atoms with E-state index in [1.54, 1.807) is 36.4 Å². The number of hydrogen-bond donors (Lipinski definition) is 1. The average molecular weight is 494 g/mol. The van der Waals surface area contributed by atoms with Gasteiger partial charge >= 0.3 is 5.97 Å². The van der Waals surface area contributed by atoms with E-state index in [4.69, 9.17) is 0 Å². The highest BCUT2D eigenvalue weighted by molar-refractivity contribution is 7.89. The fourth-order valence-corrected chi connectivity index (χ4v) is 4.68. The molecule has 0 aliphatic carbocycles. The molecule has 9 heteroatoms. The molecule has 8 nitrogen and oxygen atoms in total. The first-order chi connectivity index (χ1) is 16.7. The second kappa shape index (κ2) is 11.5. The van der Waals surface area contributed by atoms with Crippen LogP contribution < -0.4 is 5.43 Å². The third-order valence-corrected chi connectivity index (χ3v) is 6.96. The van der Waals surface area contributed by atoms with Gasteiger partial charge in [-0.15, -0.1) is 0 Å². The Bertz CT molecular complexity index is 1320. The summed E-state index contributed by atoms with van der Waals surface area (Å²) in [5, 5.41) is 3.91. The number of amides is 1. The van der Waals surface area contributed by atoms with Crippen molar-refractivity contribution in [3.8, 4) is 0 Å². The SMILES string of the molecule is COC(=O)c1ccc(/C=N\NC(=O)CN(Cc2cccc(C)c2)S(=O)(=O)c2ccc(C)cc2)cc1. The van der Waals surface area contributed by atoms with Gasteiger partial charge in [0, 0.05) is 6.54 Å². The highest BCUT2D eigenvalue weighted by Crippen LogP contribution is 2.19. The van der Waals surface area contributed by atoms with Gasteiger partial charge < -0.3 is 4.74 Å². The van der Waals surface area contributed by atoms with Gasteiger partial charge in [0.05, 0.1) is 30.3 Å². The van der Waals surface area contributed by atoms with Crippen LogP contribution in [0.2, 0.25) is 0 Å². The summed E-state index contributed by atoms with van der Waals surface area (Å²) in [5.74, 6) is -1.04. The number of carbonyl (C=O) groups is 2. The fourth-order valence-electron chi connectivity index (χ4n) is 3.30. The molecule has 0 bridgehead atoms. The van der Waals surface area contributed by atoms with Crippen LogP contribution in [0.1, 0.15) is 32.6 Å². The topological polar surface area (TPSA) is 105 Å². The highest BCUT2D eigenvalue weighted by Gasteiger charge is 2.27. The van der Waals surface area contributed by atoms with Crippen LogP contribution in [0.4, 0.5) is 0 Å². The van der Waals surface area contributed by atoms with E-state index >= 15 is 0 Å². The monoisotopic (exact) mass is 493 g/mol. The molecular formula is C26H27N3O5S. The quantitative estimate of drug-likeness (QED) is 0.279. The van der Waals surface area contributed by atoms with E-state index in [1.807, 2.05) is 38.1 Å². The lowest BCUT2D eigenvalue weighted by atomic mass is 10.1. The van der Waals surface area contributed by atoms with Crippen LogP contribution in [0.3, 0.4) is 0 Å². The second-order valence-electron chi connectivity index (χ2n) is 7.98. The van der Waals surface area contributed by atoms with Crippen molar-refractivity contribution in [3.05, 3.63) is 101 Å². The number of rotatable bonds is 9. The number of hydrogen-bond acceptors (Lipinski definition) is 6. The van der Waals surface area contributed by atoms with Crippen molar-refractivity contribution in [2.45, 2.75) is 25.3 Å². The lowest BCUT2D eigenvalue weighted by Gasteiger charge is -2.22. The van der Waals surface area contributed by atoms with Crippen molar-refractivity contribution in [1.29, 1.82) is 0 Å². The summed E-state index contributed by atoms with van der Waals surface area (Å²) in [4.78, 5) is 24.2. The zero-order valence-corrected chi connectivity index (χ0v) is 20.6. The summed E-state index contributed by atoms with van der Waals surface area (Å²) < 4.78 is 32.5. The first-order valence-electron chi connectivity index (χ1n) is 10.8. The van der Waals surface area contributed by atoms with Crippen molar-refractivity contribution >= 4 is 28.1 Å². The molecule has 35 heavy (non-hydrogen) atoms. The van der Waals surface area contributed by atoms with Gasteiger partial charge in [-0.3, -0.25) is 4.79 Å². The normalized spacial score (nSPS) is 11.5. The minimum Gasteiger partial charge on any atom is -0.465 e. The van der Waals surface area contributed by atoms with Gasteiger partial charge in [-0.2, -0.15) is 9.41 Å². The molecule has 3 rings (SSSR count). The molecule has 0 aromatic heterocycles. The van der Waals surface area contributed by atoms with Gasteiger partial charge in [0.25, 0.3) is 5.91 Å². The number of methoxy groups -OCH3 is 1. The van der Waals surface area contributed by atoms with Gasteiger partial charge in [0.1, 0.15) is 0 Å². The molecule has 1 N–H and O–H groups in total. The summed E-state index contributed by atoms with van der Waals surface area (Å²) in [6.45, 7) is 3.41. The van der Waals surface area contributed by atoms with E-state index in [-0.39, 0.29) is 11.4 Å². The number of hydrazone groups is 1. The van der Waals surface area contributed by atoms with E-state index in [1.165, 1.54) is 25.5 Å². The van der Waals surface area contributed by atoms with E-state index in [0.29, 0.717) is 11.1 Å². The molecule has 0 heterocycles. The van der Waals surface area contributed by atoms with Crippen molar-refractivity contribution < 1.29 is 22.7 Å². The van der Waals surface area contributed by atoms with Crippen LogP contribution in [0.15, 0.2) is 82.8 Å². The zero-order chi connectivity index (χ0) is 25.4. The summed E-state index contributed by atoms with van der Waals surface area (Å²) in [6, 6.07) is 20.4. The molecule has 3 aromatic carbocycles. The lowest BCUT2D eigenvalue weighted by Crippen LogP contribution is -2.39. The second-order valence-corrected chi connectivity index (χ2v) is 9.92. The van der Waals surface area contributed by atoms with Crippen molar-refractivity contribution in [1.82, 2.24) is 9.73 Å². The number of aryl methyl sites for hydroxylation is 2. The predicted octanol–water partition coefficient (Wildman–Crippen LogP) is 3.43. The molecule has 0 aliphatic heterocycles. The molecule has 0 saturated heterocycles. The minimum atomic E-state index is -3.94. The van der Waals surface area contributed by atoms with E-state index in [9.17, 15) is 18.0 Å². The molecule has 182 valence electrons. The molecule has 0 saturated carbocycles. The Kier molecular flexibility index (Phi) is 8.51. The summed E-state index contributed by atoms with van der Waals surface area (Å²) in [6.07, 6.45) is 1.40. The van der Waals surface area contributed by atoms with E-state index in [2.05, 4.69) is 15.3 Å². The van der Waals surface area contributed by atoms with Gasteiger partial charge in [0.2, 0.25) is 10.0 Å². The van der Waals surface area contributed by atoms with E-state index in [0.717, 1.165) is 21.0 Å². The lowest BCUT2D eigenvalue weighted by molar-refractivity contribution is -0.121. The highest BCUT2D eigenvalue weighted by atomic mass is 32.2. The molecule has 3 aromatic rings. The maximum absolute atomic E-state index is 13.3. The average Bonchev–Trinajstić information content (AvgIpc) is 2.84. The maximum atomic E-state index is 13.3. The first kappa shape index (κ1) is 25.8. The number of sulfonamides is 1. The Morgan fingerprint density at radius 3 is 2.29 bits per heavy atom. The summed E-state index contributed by atoms with van der Waals surface area (Å²) in [7, 11) is -2.64. The zero-order valence-electron chi connectivity index (χ0n) is 19.8.